The van der Waals surface area contributed by atoms with Crippen LogP contribution in [0.1, 0.15) is 52.0 Å². The SMILES string of the molecule is CC[NH+](CC#C[C@@](O)(c1ccccc1)C1CCCC1)C(C)C. The molecule has 1 aromatic carbocycles. The number of aliphatic hydroxyl groups is 1. The first-order valence-corrected chi connectivity index (χ1v) is 8.70. The number of hydrogen-bond acceptors (Lipinski definition) is 1. The summed E-state index contributed by atoms with van der Waals surface area (Å²) < 4.78 is 0. The highest BCUT2D eigenvalue weighted by molar-refractivity contribution is 5.33. The summed E-state index contributed by atoms with van der Waals surface area (Å²) in [7, 11) is 0. The Bertz CT molecular complexity index is 508. The fraction of sp³-hybridized carbons (Fsp3) is 0.600. The summed E-state index contributed by atoms with van der Waals surface area (Å²) in [6.45, 7) is 8.51. The molecule has 0 aromatic heterocycles. The molecule has 0 spiro atoms. The Hall–Kier alpha value is -1.30. The topological polar surface area (TPSA) is 24.7 Å². The van der Waals surface area contributed by atoms with Crippen molar-refractivity contribution >= 4 is 0 Å². The minimum absolute atomic E-state index is 0.270. The molecule has 0 amide bonds. The maximum atomic E-state index is 11.3. The quantitative estimate of drug-likeness (QED) is 0.802. The molecular formula is C20H30NO+. The van der Waals surface area contributed by atoms with E-state index in [1.165, 1.54) is 17.7 Å². The molecule has 0 heterocycles. The first kappa shape index (κ1) is 17.1. The Morgan fingerprint density at radius 3 is 2.41 bits per heavy atom. The van der Waals surface area contributed by atoms with Crippen molar-refractivity contribution < 1.29 is 10.0 Å². The zero-order valence-corrected chi connectivity index (χ0v) is 14.2. The van der Waals surface area contributed by atoms with E-state index in [1.54, 1.807) is 0 Å². The zero-order valence-electron chi connectivity index (χ0n) is 14.2. The number of rotatable bonds is 5. The Labute approximate surface area is 135 Å². The van der Waals surface area contributed by atoms with Gasteiger partial charge in [0, 0.05) is 5.92 Å². The fourth-order valence-corrected chi connectivity index (χ4v) is 3.48. The third-order valence-electron chi connectivity index (χ3n) is 5.02. The largest absolute Gasteiger partial charge is 0.373 e. The Balaban J connectivity index is 2.23. The van der Waals surface area contributed by atoms with Gasteiger partial charge < -0.3 is 10.0 Å². The Morgan fingerprint density at radius 2 is 1.86 bits per heavy atom. The van der Waals surface area contributed by atoms with Gasteiger partial charge in [-0.25, -0.2) is 0 Å². The van der Waals surface area contributed by atoms with Crippen LogP contribution in [-0.4, -0.2) is 24.2 Å². The van der Waals surface area contributed by atoms with Crippen molar-refractivity contribution in [1.82, 2.24) is 0 Å². The van der Waals surface area contributed by atoms with Gasteiger partial charge in [-0.1, -0.05) is 49.1 Å². The first-order valence-electron chi connectivity index (χ1n) is 8.70. The van der Waals surface area contributed by atoms with Crippen molar-refractivity contribution in [2.75, 3.05) is 13.1 Å². The second-order valence-electron chi connectivity index (χ2n) is 6.76. The summed E-state index contributed by atoms with van der Waals surface area (Å²) in [5, 5.41) is 11.3. The lowest BCUT2D eigenvalue weighted by Gasteiger charge is -2.29. The smallest absolute Gasteiger partial charge is 0.153 e. The summed E-state index contributed by atoms with van der Waals surface area (Å²) >= 11 is 0. The van der Waals surface area contributed by atoms with Crippen molar-refractivity contribution in [2.45, 2.75) is 58.1 Å². The van der Waals surface area contributed by atoms with Crippen molar-refractivity contribution in [1.29, 1.82) is 0 Å². The standard InChI is InChI=1S/C20H29NO/c1-4-21(17(2)3)16-10-15-20(22,19-13-8-9-14-19)18-11-6-5-7-12-18/h5-7,11-12,17,19,22H,4,8-9,13-14,16H2,1-3H3/p+1/t20-/m1/s1. The third-order valence-corrected chi connectivity index (χ3v) is 5.02. The lowest BCUT2D eigenvalue weighted by molar-refractivity contribution is -0.912. The average Bonchev–Trinajstić information content (AvgIpc) is 3.07. The van der Waals surface area contributed by atoms with Crippen molar-refractivity contribution in [2.24, 2.45) is 5.92 Å². The first-order chi connectivity index (χ1) is 10.6. The molecule has 1 aromatic rings. The number of benzene rings is 1. The second kappa shape index (κ2) is 7.81. The molecule has 2 atom stereocenters. The Morgan fingerprint density at radius 1 is 1.23 bits per heavy atom. The van der Waals surface area contributed by atoms with Gasteiger partial charge in [-0.05, 0) is 45.1 Å². The lowest BCUT2D eigenvalue weighted by atomic mass is 9.80. The molecule has 1 aliphatic rings. The van der Waals surface area contributed by atoms with Gasteiger partial charge in [0.05, 0.1) is 12.6 Å². The molecule has 1 unspecified atom stereocenters. The highest BCUT2D eigenvalue weighted by atomic mass is 16.3. The molecule has 0 saturated heterocycles. The van der Waals surface area contributed by atoms with Crippen molar-refractivity contribution in [3.8, 4) is 11.8 Å². The predicted octanol–water partition coefficient (Wildman–Crippen LogP) is 2.38. The monoisotopic (exact) mass is 300 g/mol. The van der Waals surface area contributed by atoms with E-state index in [0.29, 0.717) is 6.04 Å². The maximum absolute atomic E-state index is 11.3. The predicted molar refractivity (Wildman–Crippen MR) is 91.6 cm³/mol. The van der Waals surface area contributed by atoms with Crippen LogP contribution in [0.3, 0.4) is 0 Å². The molecule has 2 N–H and O–H groups in total. The molecule has 22 heavy (non-hydrogen) atoms. The van der Waals surface area contributed by atoms with E-state index in [9.17, 15) is 5.11 Å². The van der Waals surface area contributed by atoms with E-state index in [2.05, 4.69) is 32.6 Å². The molecule has 0 radical (unpaired) electrons. The minimum atomic E-state index is -0.979. The van der Waals surface area contributed by atoms with Crippen LogP contribution in [0.4, 0.5) is 0 Å². The second-order valence-corrected chi connectivity index (χ2v) is 6.76. The van der Waals surface area contributed by atoms with Crippen LogP contribution in [0.25, 0.3) is 0 Å². The average molecular weight is 300 g/mol. The molecule has 2 nitrogen and oxygen atoms in total. The zero-order chi connectivity index (χ0) is 16.0. The molecule has 0 bridgehead atoms. The lowest BCUT2D eigenvalue weighted by Crippen LogP contribution is -3.14. The molecule has 1 fully saturated rings. The van der Waals surface area contributed by atoms with E-state index < -0.39 is 5.60 Å². The van der Waals surface area contributed by atoms with E-state index in [-0.39, 0.29) is 5.92 Å². The van der Waals surface area contributed by atoms with Gasteiger partial charge >= 0.3 is 0 Å². The van der Waals surface area contributed by atoms with Crippen LogP contribution in [0.5, 0.6) is 0 Å². The van der Waals surface area contributed by atoms with Gasteiger partial charge in [0.2, 0.25) is 0 Å². The highest BCUT2D eigenvalue weighted by Crippen LogP contribution is 2.40. The van der Waals surface area contributed by atoms with E-state index in [0.717, 1.165) is 31.5 Å². The van der Waals surface area contributed by atoms with Crippen LogP contribution >= 0.6 is 0 Å². The molecule has 0 aliphatic heterocycles. The van der Waals surface area contributed by atoms with E-state index >= 15 is 0 Å². The normalized spacial score (nSPS) is 19.5. The van der Waals surface area contributed by atoms with Gasteiger partial charge in [-0.2, -0.15) is 0 Å². The van der Waals surface area contributed by atoms with Crippen LogP contribution in [0, 0.1) is 17.8 Å². The number of hydrogen-bond donors (Lipinski definition) is 2. The molecule has 2 heteroatoms. The summed E-state index contributed by atoms with van der Waals surface area (Å²) in [6.07, 6.45) is 4.57. The van der Waals surface area contributed by atoms with Gasteiger partial charge in [0.25, 0.3) is 0 Å². The van der Waals surface area contributed by atoms with Crippen LogP contribution in [-0.2, 0) is 5.60 Å². The van der Waals surface area contributed by atoms with Crippen molar-refractivity contribution in [3.63, 3.8) is 0 Å². The van der Waals surface area contributed by atoms with Gasteiger partial charge in [0.15, 0.2) is 5.60 Å². The van der Waals surface area contributed by atoms with Crippen LogP contribution in [0.2, 0.25) is 0 Å². The molecular weight excluding hydrogens is 270 g/mol. The molecule has 1 aliphatic carbocycles. The van der Waals surface area contributed by atoms with E-state index in [1.807, 2.05) is 30.3 Å². The minimum Gasteiger partial charge on any atom is -0.373 e. The van der Waals surface area contributed by atoms with E-state index in [4.69, 9.17) is 0 Å². The van der Waals surface area contributed by atoms with Gasteiger partial charge in [-0.15, -0.1) is 0 Å². The van der Waals surface area contributed by atoms with Crippen molar-refractivity contribution in [3.05, 3.63) is 35.9 Å². The van der Waals surface area contributed by atoms with Crippen LogP contribution < -0.4 is 4.90 Å². The Kier molecular flexibility index (Phi) is 6.06. The summed E-state index contributed by atoms with van der Waals surface area (Å²) in [4.78, 5) is 1.47. The third kappa shape index (κ3) is 3.91. The number of quaternary nitrogens is 1. The summed E-state index contributed by atoms with van der Waals surface area (Å²) in [6, 6.07) is 10.6. The highest BCUT2D eigenvalue weighted by Gasteiger charge is 2.38. The molecule has 120 valence electrons. The summed E-state index contributed by atoms with van der Waals surface area (Å²) in [5.74, 6) is 6.83. The molecule has 1 saturated carbocycles. The fourth-order valence-electron chi connectivity index (χ4n) is 3.48. The molecule has 2 rings (SSSR count). The summed E-state index contributed by atoms with van der Waals surface area (Å²) in [5.41, 5.74) is -0.0230. The maximum Gasteiger partial charge on any atom is 0.153 e. The van der Waals surface area contributed by atoms with Gasteiger partial charge in [0.1, 0.15) is 6.54 Å². The van der Waals surface area contributed by atoms with Crippen LogP contribution in [0.15, 0.2) is 30.3 Å². The number of nitrogens with one attached hydrogen (secondary N) is 1. The van der Waals surface area contributed by atoms with Gasteiger partial charge in [-0.3, -0.25) is 0 Å².